The summed E-state index contributed by atoms with van der Waals surface area (Å²) in [6.45, 7) is 1.56. The summed E-state index contributed by atoms with van der Waals surface area (Å²) in [6.07, 6.45) is 5.18. The van der Waals surface area contributed by atoms with Crippen LogP contribution in [0, 0.1) is 17.8 Å². The Labute approximate surface area is 198 Å². The molecule has 0 aromatic carbocycles. The number of thiophene rings is 1. The average Bonchev–Trinajstić information content (AvgIpc) is 3.67. The van der Waals surface area contributed by atoms with Crippen LogP contribution >= 0.6 is 23.7 Å². The Hall–Kier alpha value is -1.25. The minimum atomic E-state index is -2.66. The van der Waals surface area contributed by atoms with Gasteiger partial charge in [0.1, 0.15) is 0 Å². The lowest BCUT2D eigenvalue weighted by molar-refractivity contribution is -0.133. The van der Waals surface area contributed by atoms with Gasteiger partial charge in [0.25, 0.3) is 11.8 Å². The molecule has 3 aliphatic carbocycles. The van der Waals surface area contributed by atoms with Crippen molar-refractivity contribution in [3.8, 4) is 0 Å². The van der Waals surface area contributed by atoms with E-state index in [1.165, 1.54) is 11.3 Å². The summed E-state index contributed by atoms with van der Waals surface area (Å²) in [5.74, 6) is -2.96. The first kappa shape index (κ1) is 23.9. The number of likely N-dealkylation sites (tertiary alicyclic amines) is 1. The number of rotatable bonds is 6. The molecule has 0 spiro atoms. The molecule has 0 radical (unpaired) electrons. The monoisotopic (exact) mass is 487 g/mol. The fraction of sp³-hybridized carbons (Fsp3) is 0.739. The zero-order valence-electron chi connectivity index (χ0n) is 18.1. The van der Waals surface area contributed by atoms with Gasteiger partial charge in [0, 0.05) is 60.4 Å². The predicted octanol–water partition coefficient (Wildman–Crippen LogP) is 4.08. The summed E-state index contributed by atoms with van der Waals surface area (Å²) >= 11 is 1.46. The van der Waals surface area contributed by atoms with E-state index in [0.717, 1.165) is 45.2 Å². The SMILES string of the molecule is Cl.O=C(NC1CCC(F)(F)C([C@H]2C[C@H]2NC2CCN(C(=O)C3CC3)CC2)C1)c1ccsc1. The molecule has 9 heteroatoms. The molecule has 0 bridgehead atoms. The molecular formula is C23H32ClF2N3O2S. The van der Waals surface area contributed by atoms with Gasteiger partial charge in [-0.05, 0) is 62.3 Å². The Bertz CT molecular complexity index is 812. The Kier molecular flexibility index (Phi) is 7.13. The Morgan fingerprint density at radius 2 is 1.81 bits per heavy atom. The number of hydrogen-bond acceptors (Lipinski definition) is 4. The molecule has 5 nitrogen and oxygen atoms in total. The second-order valence-electron chi connectivity index (χ2n) is 9.87. The van der Waals surface area contributed by atoms with Crippen LogP contribution in [0.15, 0.2) is 16.8 Å². The number of carbonyl (C=O) groups is 2. The van der Waals surface area contributed by atoms with Gasteiger partial charge in [-0.1, -0.05) is 0 Å². The van der Waals surface area contributed by atoms with Crippen molar-refractivity contribution in [2.24, 2.45) is 17.8 Å². The van der Waals surface area contributed by atoms with E-state index < -0.39 is 11.8 Å². The third-order valence-corrected chi connectivity index (χ3v) is 8.25. The predicted molar refractivity (Wildman–Crippen MR) is 122 cm³/mol. The van der Waals surface area contributed by atoms with Crippen molar-refractivity contribution in [1.82, 2.24) is 15.5 Å². The third-order valence-electron chi connectivity index (χ3n) is 7.57. The van der Waals surface area contributed by atoms with E-state index in [9.17, 15) is 18.4 Å². The number of nitrogens with one attached hydrogen (secondary N) is 2. The summed E-state index contributed by atoms with van der Waals surface area (Å²) < 4.78 is 29.5. The Balaban J connectivity index is 0.00000245. The van der Waals surface area contributed by atoms with Crippen LogP contribution in [-0.2, 0) is 4.79 Å². The maximum Gasteiger partial charge on any atom is 0.252 e. The molecule has 3 saturated carbocycles. The molecule has 2 heterocycles. The summed E-state index contributed by atoms with van der Waals surface area (Å²) in [5.41, 5.74) is 0.608. The molecule has 2 amide bonds. The Morgan fingerprint density at radius 3 is 2.47 bits per heavy atom. The fourth-order valence-corrected chi connectivity index (χ4v) is 6.08. The fourth-order valence-electron chi connectivity index (χ4n) is 5.44. The van der Waals surface area contributed by atoms with Crippen LogP contribution in [-0.4, -0.2) is 53.9 Å². The number of alkyl halides is 2. The maximum absolute atomic E-state index is 14.7. The molecule has 4 atom stereocenters. The Morgan fingerprint density at radius 1 is 1.06 bits per heavy atom. The van der Waals surface area contributed by atoms with Crippen LogP contribution in [0.5, 0.6) is 0 Å². The lowest BCUT2D eigenvalue weighted by Gasteiger charge is -2.37. The highest BCUT2D eigenvalue weighted by atomic mass is 35.5. The number of amides is 2. The zero-order chi connectivity index (χ0) is 21.6. The van der Waals surface area contributed by atoms with Gasteiger partial charge >= 0.3 is 0 Å². The summed E-state index contributed by atoms with van der Waals surface area (Å²) in [4.78, 5) is 26.5. The van der Waals surface area contributed by atoms with Gasteiger partial charge in [0.05, 0.1) is 0 Å². The van der Waals surface area contributed by atoms with Gasteiger partial charge in [-0.3, -0.25) is 9.59 Å². The standard InChI is InChI=1S/C23H31F2N3O2S.ClH/c24-23(25)7-3-17(27-21(29)15-6-10-31-13-15)11-19(23)18-12-20(18)26-16-4-8-28(9-5-16)22(30)14-1-2-14;/h6,10,13-14,16-20,26H,1-5,7-9,11-12H2,(H,27,29);1H/t17?,18-,19?,20-;/m1./s1. The molecule has 4 aliphatic rings. The van der Waals surface area contributed by atoms with Crippen molar-refractivity contribution in [2.45, 2.75) is 75.4 Å². The zero-order valence-corrected chi connectivity index (χ0v) is 19.7. The van der Waals surface area contributed by atoms with Crippen LogP contribution in [0.1, 0.15) is 61.7 Å². The molecule has 1 aromatic heterocycles. The minimum absolute atomic E-state index is 0. The first-order valence-corrected chi connectivity index (χ1v) is 12.6. The lowest BCUT2D eigenvalue weighted by Crippen LogP contribution is -2.48. The van der Waals surface area contributed by atoms with Crippen LogP contribution in [0.2, 0.25) is 0 Å². The van der Waals surface area contributed by atoms with E-state index in [0.29, 0.717) is 30.4 Å². The van der Waals surface area contributed by atoms with Gasteiger partial charge in [0.2, 0.25) is 5.91 Å². The molecule has 4 fully saturated rings. The highest BCUT2D eigenvalue weighted by molar-refractivity contribution is 7.08. The normalized spacial score (nSPS) is 32.1. The van der Waals surface area contributed by atoms with E-state index in [-0.39, 0.29) is 48.7 Å². The smallest absolute Gasteiger partial charge is 0.252 e. The van der Waals surface area contributed by atoms with Gasteiger partial charge in [-0.15, -0.1) is 12.4 Å². The second kappa shape index (κ2) is 9.55. The van der Waals surface area contributed by atoms with E-state index in [1.807, 2.05) is 10.3 Å². The highest BCUT2D eigenvalue weighted by Gasteiger charge is 2.56. The van der Waals surface area contributed by atoms with Gasteiger partial charge in [-0.2, -0.15) is 11.3 Å². The molecule has 178 valence electrons. The van der Waals surface area contributed by atoms with Crippen molar-refractivity contribution < 1.29 is 18.4 Å². The van der Waals surface area contributed by atoms with Gasteiger partial charge in [-0.25, -0.2) is 8.78 Å². The summed E-state index contributed by atoms with van der Waals surface area (Å²) in [7, 11) is 0. The molecule has 1 aromatic rings. The van der Waals surface area contributed by atoms with Crippen LogP contribution < -0.4 is 10.6 Å². The van der Waals surface area contributed by atoms with E-state index in [4.69, 9.17) is 0 Å². The van der Waals surface area contributed by atoms with Crippen LogP contribution in [0.4, 0.5) is 8.78 Å². The number of hydrogen-bond donors (Lipinski definition) is 2. The van der Waals surface area contributed by atoms with E-state index >= 15 is 0 Å². The summed E-state index contributed by atoms with van der Waals surface area (Å²) in [5, 5.41) is 10.2. The number of piperidine rings is 1. The second-order valence-corrected chi connectivity index (χ2v) is 10.7. The largest absolute Gasteiger partial charge is 0.349 e. The minimum Gasteiger partial charge on any atom is -0.349 e. The maximum atomic E-state index is 14.7. The molecule has 2 N–H and O–H groups in total. The molecule has 1 aliphatic heterocycles. The molecule has 32 heavy (non-hydrogen) atoms. The van der Waals surface area contributed by atoms with Crippen LogP contribution in [0.25, 0.3) is 0 Å². The van der Waals surface area contributed by atoms with Crippen molar-refractivity contribution in [3.05, 3.63) is 22.4 Å². The third kappa shape index (κ3) is 5.28. The number of nitrogens with zero attached hydrogens (tertiary/aromatic N) is 1. The lowest BCUT2D eigenvalue weighted by atomic mass is 9.79. The average molecular weight is 488 g/mol. The van der Waals surface area contributed by atoms with E-state index in [2.05, 4.69) is 10.6 Å². The van der Waals surface area contributed by atoms with Gasteiger partial charge < -0.3 is 15.5 Å². The van der Waals surface area contributed by atoms with Crippen molar-refractivity contribution in [3.63, 3.8) is 0 Å². The van der Waals surface area contributed by atoms with Crippen molar-refractivity contribution in [2.75, 3.05) is 13.1 Å². The molecule has 2 unspecified atom stereocenters. The summed E-state index contributed by atoms with van der Waals surface area (Å²) in [6, 6.07) is 2.02. The van der Waals surface area contributed by atoms with Crippen molar-refractivity contribution in [1.29, 1.82) is 0 Å². The van der Waals surface area contributed by atoms with Gasteiger partial charge in [0.15, 0.2) is 0 Å². The molecular weight excluding hydrogens is 456 g/mol. The molecule has 1 saturated heterocycles. The molecule has 5 rings (SSSR count). The number of halogens is 3. The number of carbonyl (C=O) groups excluding carboxylic acids is 2. The topological polar surface area (TPSA) is 61.4 Å². The van der Waals surface area contributed by atoms with Crippen molar-refractivity contribution >= 4 is 35.6 Å². The first-order chi connectivity index (χ1) is 14.9. The van der Waals surface area contributed by atoms with E-state index in [1.54, 1.807) is 11.4 Å². The quantitative estimate of drug-likeness (QED) is 0.635. The first-order valence-electron chi connectivity index (χ1n) is 11.7. The highest BCUT2D eigenvalue weighted by Crippen LogP contribution is 2.51. The van der Waals surface area contributed by atoms with Crippen LogP contribution in [0.3, 0.4) is 0 Å².